The van der Waals surface area contributed by atoms with E-state index in [1.165, 1.54) is 98.9 Å². The van der Waals surface area contributed by atoms with Crippen molar-refractivity contribution in [2.24, 2.45) is 0 Å². The number of fused-ring (bicyclic) bond motifs is 11. The largest absolute Gasteiger partial charge is 0.310 e. The number of anilines is 3. The molecule has 0 spiro atoms. The second kappa shape index (κ2) is 13.2. The third kappa shape index (κ3) is 5.20. The summed E-state index contributed by atoms with van der Waals surface area (Å²) in [5.74, 6) is 0. The number of hydrogen-bond acceptors (Lipinski definition) is 1. The monoisotopic (exact) mass is 768 g/mol. The van der Waals surface area contributed by atoms with E-state index in [2.05, 4.69) is 218 Å². The lowest BCUT2D eigenvalue weighted by molar-refractivity contribution is 0.607. The van der Waals surface area contributed by atoms with Crippen LogP contribution < -0.4 is 4.90 Å². The molecule has 0 radical (unpaired) electrons. The molecule has 0 unspecified atom stereocenters. The fraction of sp³-hybridized carbons (Fsp3) is 0.103. The first-order valence-electron chi connectivity index (χ1n) is 21.3. The SMILES string of the molecule is Cc1cccc(-n2c3ccccc3c3cc(-c4ccc(N(c5ccc6c(c5)C(C)(C)C5=C6C=CCC5)c5ccc6c7ccccc7c7ccccc7c6c5)cc4)ccc32)c1. The molecule has 0 amide bonds. The van der Waals surface area contributed by atoms with Gasteiger partial charge in [-0.15, -0.1) is 0 Å². The summed E-state index contributed by atoms with van der Waals surface area (Å²) in [6, 6.07) is 65.7. The van der Waals surface area contributed by atoms with Crippen LogP contribution in [0.2, 0.25) is 0 Å². The van der Waals surface area contributed by atoms with Gasteiger partial charge >= 0.3 is 0 Å². The summed E-state index contributed by atoms with van der Waals surface area (Å²) in [6.07, 6.45) is 6.94. The van der Waals surface area contributed by atoms with E-state index in [-0.39, 0.29) is 5.41 Å². The van der Waals surface area contributed by atoms with Crippen molar-refractivity contribution in [3.8, 4) is 16.8 Å². The summed E-state index contributed by atoms with van der Waals surface area (Å²) in [4.78, 5) is 2.47. The van der Waals surface area contributed by atoms with E-state index in [4.69, 9.17) is 0 Å². The quantitative estimate of drug-likeness (QED) is 0.158. The van der Waals surface area contributed by atoms with Gasteiger partial charge in [-0.1, -0.05) is 141 Å². The molecule has 2 aliphatic rings. The highest BCUT2D eigenvalue weighted by molar-refractivity contribution is 6.25. The summed E-state index contributed by atoms with van der Waals surface area (Å²) < 4.78 is 2.40. The third-order valence-electron chi connectivity index (χ3n) is 13.5. The molecular formula is C58H44N2. The van der Waals surface area contributed by atoms with Crippen LogP contribution in [-0.2, 0) is 5.41 Å². The first-order valence-corrected chi connectivity index (χ1v) is 21.3. The Bertz CT molecular complexity index is 3430. The Morgan fingerprint density at radius 1 is 0.483 bits per heavy atom. The van der Waals surface area contributed by atoms with Crippen LogP contribution in [0.1, 0.15) is 43.4 Å². The molecule has 1 heterocycles. The minimum Gasteiger partial charge on any atom is -0.310 e. The number of benzene rings is 9. The van der Waals surface area contributed by atoms with Crippen LogP contribution in [0.4, 0.5) is 17.1 Å². The van der Waals surface area contributed by atoms with Crippen LogP contribution in [0.25, 0.3) is 76.5 Å². The number of para-hydroxylation sites is 1. The molecule has 0 N–H and O–H groups in total. The smallest absolute Gasteiger partial charge is 0.0541 e. The van der Waals surface area contributed by atoms with E-state index < -0.39 is 0 Å². The average Bonchev–Trinajstić information content (AvgIpc) is 3.74. The van der Waals surface area contributed by atoms with Crippen LogP contribution in [0.5, 0.6) is 0 Å². The van der Waals surface area contributed by atoms with Gasteiger partial charge in [0.2, 0.25) is 0 Å². The summed E-state index contributed by atoms with van der Waals surface area (Å²) >= 11 is 0. The Labute approximate surface area is 351 Å². The lowest BCUT2D eigenvalue weighted by Gasteiger charge is -2.29. The molecule has 0 saturated heterocycles. The molecule has 9 aromatic carbocycles. The van der Waals surface area contributed by atoms with Crippen molar-refractivity contribution in [1.29, 1.82) is 0 Å². The summed E-state index contributed by atoms with van der Waals surface area (Å²) in [5.41, 5.74) is 16.5. The van der Waals surface area contributed by atoms with Gasteiger partial charge in [-0.3, -0.25) is 0 Å². The first-order chi connectivity index (χ1) is 29.4. The van der Waals surface area contributed by atoms with Gasteiger partial charge in [0.1, 0.15) is 0 Å². The lowest BCUT2D eigenvalue weighted by Crippen LogP contribution is -2.18. The van der Waals surface area contributed by atoms with Crippen molar-refractivity contribution < 1.29 is 0 Å². The molecule has 0 atom stereocenters. The molecule has 60 heavy (non-hydrogen) atoms. The molecule has 10 aromatic rings. The van der Waals surface area contributed by atoms with Gasteiger partial charge in [0.15, 0.2) is 0 Å². The number of aryl methyl sites for hydroxylation is 1. The molecule has 2 aliphatic carbocycles. The lowest BCUT2D eigenvalue weighted by atomic mass is 9.78. The van der Waals surface area contributed by atoms with E-state index >= 15 is 0 Å². The summed E-state index contributed by atoms with van der Waals surface area (Å²) in [7, 11) is 0. The molecule has 1 aromatic heterocycles. The first kappa shape index (κ1) is 34.8. The highest BCUT2D eigenvalue weighted by atomic mass is 15.1. The normalized spacial score (nSPS) is 14.4. The molecule has 0 bridgehead atoms. The third-order valence-corrected chi connectivity index (χ3v) is 13.5. The van der Waals surface area contributed by atoms with E-state index in [1.807, 2.05) is 0 Å². The summed E-state index contributed by atoms with van der Waals surface area (Å²) in [6.45, 7) is 6.99. The maximum Gasteiger partial charge on any atom is 0.0541 e. The zero-order chi connectivity index (χ0) is 40.1. The van der Waals surface area contributed by atoms with Crippen LogP contribution in [0, 0.1) is 6.92 Å². The van der Waals surface area contributed by atoms with Crippen molar-refractivity contribution in [2.75, 3.05) is 4.90 Å². The molecule has 0 fully saturated rings. The molecule has 2 nitrogen and oxygen atoms in total. The Balaban J connectivity index is 1.02. The van der Waals surface area contributed by atoms with E-state index in [1.54, 1.807) is 5.57 Å². The minimum absolute atomic E-state index is 0.0272. The number of hydrogen-bond donors (Lipinski definition) is 0. The van der Waals surface area contributed by atoms with E-state index in [0.717, 1.165) is 24.2 Å². The average molecular weight is 769 g/mol. The minimum atomic E-state index is -0.0272. The molecular weight excluding hydrogens is 725 g/mol. The molecule has 12 rings (SSSR count). The summed E-state index contributed by atoms with van der Waals surface area (Å²) in [5, 5.41) is 10.2. The number of allylic oxidation sites excluding steroid dienone is 4. The highest BCUT2D eigenvalue weighted by Crippen LogP contribution is 2.52. The van der Waals surface area contributed by atoms with Gasteiger partial charge in [0.25, 0.3) is 0 Å². The molecule has 0 aliphatic heterocycles. The highest BCUT2D eigenvalue weighted by Gasteiger charge is 2.37. The van der Waals surface area contributed by atoms with Gasteiger partial charge in [-0.05, 0) is 152 Å². The second-order valence-electron chi connectivity index (χ2n) is 17.3. The second-order valence-corrected chi connectivity index (χ2v) is 17.3. The molecule has 286 valence electrons. The number of aromatic nitrogens is 1. The van der Waals surface area contributed by atoms with Crippen LogP contribution in [0.3, 0.4) is 0 Å². The van der Waals surface area contributed by atoms with Crippen LogP contribution in [-0.4, -0.2) is 4.57 Å². The van der Waals surface area contributed by atoms with Gasteiger partial charge in [0.05, 0.1) is 11.0 Å². The van der Waals surface area contributed by atoms with Crippen molar-refractivity contribution in [3.05, 3.63) is 210 Å². The molecule has 0 saturated carbocycles. The van der Waals surface area contributed by atoms with Crippen LogP contribution in [0.15, 0.2) is 194 Å². The van der Waals surface area contributed by atoms with Crippen molar-refractivity contribution in [2.45, 2.75) is 39.0 Å². The predicted molar refractivity (Wildman–Crippen MR) is 256 cm³/mol. The Morgan fingerprint density at radius 2 is 1.10 bits per heavy atom. The van der Waals surface area contributed by atoms with Crippen molar-refractivity contribution in [3.63, 3.8) is 0 Å². The fourth-order valence-electron chi connectivity index (χ4n) is 10.6. The van der Waals surface area contributed by atoms with Crippen molar-refractivity contribution >= 4 is 76.8 Å². The van der Waals surface area contributed by atoms with E-state index in [9.17, 15) is 0 Å². The van der Waals surface area contributed by atoms with Gasteiger partial charge < -0.3 is 9.47 Å². The number of nitrogens with zero attached hydrogens (tertiary/aromatic N) is 2. The Hall–Kier alpha value is -7.16. The van der Waals surface area contributed by atoms with Crippen molar-refractivity contribution in [1.82, 2.24) is 4.57 Å². The maximum atomic E-state index is 2.47. The van der Waals surface area contributed by atoms with Gasteiger partial charge in [-0.2, -0.15) is 0 Å². The Kier molecular flexibility index (Phi) is 7.65. The van der Waals surface area contributed by atoms with Gasteiger partial charge in [-0.25, -0.2) is 0 Å². The van der Waals surface area contributed by atoms with E-state index in [0.29, 0.717) is 0 Å². The fourth-order valence-corrected chi connectivity index (χ4v) is 10.6. The number of rotatable bonds is 5. The maximum absolute atomic E-state index is 2.47. The zero-order valence-electron chi connectivity index (χ0n) is 34.2. The molecule has 2 heteroatoms. The topological polar surface area (TPSA) is 8.17 Å². The van der Waals surface area contributed by atoms with Crippen LogP contribution >= 0.6 is 0 Å². The predicted octanol–water partition coefficient (Wildman–Crippen LogP) is 16.1. The Morgan fingerprint density at radius 3 is 1.85 bits per heavy atom. The zero-order valence-corrected chi connectivity index (χ0v) is 34.2. The standard InChI is InChI=1S/C58H44N2/c1-37-13-12-14-41(33-37)60-56-22-11-9-20-51(56)53-34-39(25-32-57(53)60)38-23-26-40(27-24-38)59(43-29-31-50-49-19-8-10-21-54(49)58(2,3)55(50)36-43)42-28-30-48-46-17-5-4-15-44(46)45-16-6-7-18-47(45)52(48)35-42/h4-9,11-20,22-36H,10,21H2,1-3H3. The van der Waals surface area contributed by atoms with Gasteiger partial charge in [0, 0.05) is 38.9 Å².